The van der Waals surface area contributed by atoms with Gasteiger partial charge in [0.1, 0.15) is 17.1 Å². The van der Waals surface area contributed by atoms with Crippen molar-refractivity contribution < 1.29 is 19.4 Å². The fraction of sp³-hybridized carbons (Fsp3) is 0.200. The molecule has 0 aliphatic carbocycles. The van der Waals surface area contributed by atoms with E-state index in [9.17, 15) is 24.3 Å². The number of ketones is 1. The van der Waals surface area contributed by atoms with Gasteiger partial charge in [-0.1, -0.05) is 6.07 Å². The molecule has 0 saturated carbocycles. The Morgan fingerprint density at radius 1 is 1.21 bits per heavy atom. The van der Waals surface area contributed by atoms with Crippen molar-refractivity contribution >= 4 is 17.6 Å². The minimum atomic E-state index is -0.867. The van der Waals surface area contributed by atoms with Crippen LogP contribution in [0.15, 0.2) is 33.9 Å². The number of nitrogens with zero attached hydrogens (tertiary/aromatic N) is 2. The van der Waals surface area contributed by atoms with Gasteiger partial charge in [-0.25, -0.2) is 9.59 Å². The van der Waals surface area contributed by atoms with E-state index in [4.69, 9.17) is 10.5 Å². The molecule has 0 amide bonds. The number of Topliss-reactive ketones (excluding diaryl/α,β-unsaturated/α-hetero) is 1. The monoisotopic (exact) mass is 333 g/mol. The standard InChI is InChI=1S/C15H15N3O6/c1-17-12(16)11(13(21)18(2)15(17)23)10(20)7-24-14(22)8-4-3-5-9(19)6-8/h3-6,19H,7,16H2,1-2H3. The molecule has 126 valence electrons. The van der Waals surface area contributed by atoms with E-state index in [1.54, 1.807) is 0 Å². The predicted molar refractivity (Wildman–Crippen MR) is 84.1 cm³/mol. The molecular formula is C15H15N3O6. The molecule has 0 atom stereocenters. The Morgan fingerprint density at radius 3 is 2.50 bits per heavy atom. The largest absolute Gasteiger partial charge is 0.508 e. The first-order valence-corrected chi connectivity index (χ1v) is 6.79. The van der Waals surface area contributed by atoms with Gasteiger partial charge in [-0.2, -0.15) is 0 Å². The van der Waals surface area contributed by atoms with Crippen LogP contribution in [0, 0.1) is 0 Å². The Hall–Kier alpha value is -3.36. The molecule has 0 bridgehead atoms. The minimum absolute atomic E-state index is 0.0455. The highest BCUT2D eigenvalue weighted by Gasteiger charge is 2.21. The van der Waals surface area contributed by atoms with Crippen molar-refractivity contribution in [2.24, 2.45) is 14.1 Å². The van der Waals surface area contributed by atoms with Crippen molar-refractivity contribution in [3.63, 3.8) is 0 Å². The number of hydrogen-bond acceptors (Lipinski definition) is 7. The molecule has 3 N–H and O–H groups in total. The first kappa shape index (κ1) is 17.0. The number of rotatable bonds is 4. The zero-order chi connectivity index (χ0) is 18.0. The fourth-order valence-corrected chi connectivity index (χ4v) is 2.04. The number of nitrogens with two attached hydrogens (primary N) is 1. The Kier molecular flexibility index (Phi) is 4.54. The lowest BCUT2D eigenvalue weighted by molar-refractivity contribution is 0.0474. The number of aromatic nitrogens is 2. The molecule has 2 rings (SSSR count). The molecule has 2 aromatic rings. The number of nitrogen functional groups attached to an aromatic ring is 1. The quantitative estimate of drug-likeness (QED) is 0.564. The number of phenolic OH excluding ortho intramolecular Hbond substituents is 1. The van der Waals surface area contributed by atoms with E-state index < -0.39 is 35.2 Å². The third-order valence-corrected chi connectivity index (χ3v) is 3.40. The van der Waals surface area contributed by atoms with E-state index in [2.05, 4.69) is 0 Å². The summed E-state index contributed by atoms with van der Waals surface area (Å²) in [7, 11) is 2.52. The van der Waals surface area contributed by atoms with Crippen LogP contribution in [0.5, 0.6) is 5.75 Å². The van der Waals surface area contributed by atoms with E-state index in [-0.39, 0.29) is 17.1 Å². The molecule has 0 spiro atoms. The second-order valence-corrected chi connectivity index (χ2v) is 5.02. The van der Waals surface area contributed by atoms with Crippen LogP contribution in [0.3, 0.4) is 0 Å². The zero-order valence-corrected chi connectivity index (χ0v) is 13.0. The molecule has 0 fully saturated rings. The van der Waals surface area contributed by atoms with Crippen molar-refractivity contribution in [1.29, 1.82) is 0 Å². The summed E-state index contributed by atoms with van der Waals surface area (Å²) in [6.45, 7) is -0.730. The lowest BCUT2D eigenvalue weighted by Crippen LogP contribution is -2.42. The van der Waals surface area contributed by atoms with Crippen LogP contribution >= 0.6 is 0 Å². The molecule has 1 heterocycles. The van der Waals surface area contributed by atoms with Gasteiger partial charge in [-0.05, 0) is 18.2 Å². The molecular weight excluding hydrogens is 318 g/mol. The molecule has 0 saturated heterocycles. The highest BCUT2D eigenvalue weighted by Crippen LogP contribution is 2.12. The number of benzene rings is 1. The molecule has 0 unspecified atom stereocenters. The summed E-state index contributed by atoms with van der Waals surface area (Å²) >= 11 is 0. The Bertz CT molecular complexity index is 941. The van der Waals surface area contributed by atoms with Crippen LogP contribution in [-0.2, 0) is 18.8 Å². The average molecular weight is 333 g/mol. The predicted octanol–water partition coefficient (Wildman–Crippen LogP) is -0.589. The summed E-state index contributed by atoms with van der Waals surface area (Å²) in [6.07, 6.45) is 0. The number of esters is 1. The van der Waals surface area contributed by atoms with Crippen LogP contribution in [0.4, 0.5) is 5.82 Å². The molecule has 24 heavy (non-hydrogen) atoms. The molecule has 9 nitrogen and oxygen atoms in total. The third kappa shape index (κ3) is 3.05. The first-order valence-electron chi connectivity index (χ1n) is 6.79. The summed E-state index contributed by atoms with van der Waals surface area (Å²) in [4.78, 5) is 47.7. The van der Waals surface area contributed by atoms with Gasteiger partial charge in [-0.15, -0.1) is 0 Å². The number of carbonyl (C=O) groups excluding carboxylic acids is 2. The van der Waals surface area contributed by atoms with Gasteiger partial charge in [-0.3, -0.25) is 18.7 Å². The van der Waals surface area contributed by atoms with Crippen LogP contribution in [0.2, 0.25) is 0 Å². The van der Waals surface area contributed by atoms with E-state index in [0.717, 1.165) is 9.13 Å². The van der Waals surface area contributed by atoms with Crippen LogP contribution in [-0.4, -0.2) is 32.6 Å². The van der Waals surface area contributed by atoms with Crippen molar-refractivity contribution in [1.82, 2.24) is 9.13 Å². The lowest BCUT2D eigenvalue weighted by atomic mass is 10.2. The molecule has 1 aromatic carbocycles. The van der Waals surface area contributed by atoms with Gasteiger partial charge in [0.25, 0.3) is 5.56 Å². The number of carbonyl (C=O) groups is 2. The second-order valence-electron chi connectivity index (χ2n) is 5.02. The van der Waals surface area contributed by atoms with Gasteiger partial charge in [0.2, 0.25) is 5.78 Å². The number of anilines is 1. The zero-order valence-electron chi connectivity index (χ0n) is 13.0. The smallest absolute Gasteiger partial charge is 0.338 e. The van der Waals surface area contributed by atoms with E-state index in [0.29, 0.717) is 0 Å². The van der Waals surface area contributed by atoms with E-state index in [1.807, 2.05) is 0 Å². The topological polar surface area (TPSA) is 134 Å². The number of ether oxygens (including phenoxy) is 1. The maximum absolute atomic E-state index is 12.2. The highest BCUT2D eigenvalue weighted by molar-refractivity contribution is 6.02. The molecule has 1 aromatic heterocycles. The van der Waals surface area contributed by atoms with Crippen LogP contribution < -0.4 is 17.0 Å². The fourth-order valence-electron chi connectivity index (χ4n) is 2.04. The van der Waals surface area contributed by atoms with Gasteiger partial charge >= 0.3 is 11.7 Å². The average Bonchev–Trinajstić information content (AvgIpc) is 2.56. The summed E-state index contributed by atoms with van der Waals surface area (Å²) < 4.78 is 6.52. The second kappa shape index (κ2) is 6.41. The van der Waals surface area contributed by atoms with Gasteiger partial charge < -0.3 is 15.6 Å². The molecule has 0 radical (unpaired) electrons. The molecule has 0 aliphatic heterocycles. The number of aromatic hydroxyl groups is 1. The van der Waals surface area contributed by atoms with Gasteiger partial charge in [0.05, 0.1) is 5.56 Å². The van der Waals surface area contributed by atoms with Crippen molar-refractivity contribution in [3.05, 3.63) is 56.2 Å². The maximum atomic E-state index is 12.2. The minimum Gasteiger partial charge on any atom is -0.508 e. The Balaban J connectivity index is 2.24. The molecule has 0 aliphatic rings. The van der Waals surface area contributed by atoms with Gasteiger partial charge in [0, 0.05) is 14.1 Å². The van der Waals surface area contributed by atoms with E-state index in [1.165, 1.54) is 38.4 Å². The van der Waals surface area contributed by atoms with Gasteiger partial charge in [0.15, 0.2) is 6.61 Å². The summed E-state index contributed by atoms with van der Waals surface area (Å²) in [5, 5.41) is 9.31. The summed E-state index contributed by atoms with van der Waals surface area (Å²) in [6, 6.07) is 5.38. The first-order chi connectivity index (χ1) is 11.2. The van der Waals surface area contributed by atoms with Crippen molar-refractivity contribution in [2.45, 2.75) is 0 Å². The lowest BCUT2D eigenvalue weighted by Gasteiger charge is -2.11. The van der Waals surface area contributed by atoms with Crippen LogP contribution in [0.25, 0.3) is 0 Å². The van der Waals surface area contributed by atoms with Crippen LogP contribution in [0.1, 0.15) is 20.7 Å². The Labute approximate surface area is 135 Å². The number of hydrogen-bond donors (Lipinski definition) is 2. The normalized spacial score (nSPS) is 10.4. The summed E-state index contributed by atoms with van der Waals surface area (Å²) in [5.74, 6) is -2.12. The number of phenols is 1. The Morgan fingerprint density at radius 2 is 1.88 bits per heavy atom. The summed E-state index contributed by atoms with van der Waals surface area (Å²) in [5.41, 5.74) is 3.72. The highest BCUT2D eigenvalue weighted by atomic mass is 16.5. The molecule has 9 heteroatoms. The third-order valence-electron chi connectivity index (χ3n) is 3.40. The van der Waals surface area contributed by atoms with E-state index >= 15 is 0 Å². The SMILES string of the molecule is Cn1c(N)c(C(=O)COC(=O)c2cccc(O)c2)c(=O)n(C)c1=O. The maximum Gasteiger partial charge on any atom is 0.338 e. The van der Waals surface area contributed by atoms with Crippen molar-refractivity contribution in [3.8, 4) is 5.75 Å². The van der Waals surface area contributed by atoms with Crippen molar-refractivity contribution in [2.75, 3.05) is 12.3 Å².